The van der Waals surface area contributed by atoms with E-state index in [1.807, 2.05) is 23.5 Å². The van der Waals surface area contributed by atoms with Gasteiger partial charge in [-0.25, -0.2) is 19.3 Å². The van der Waals surface area contributed by atoms with Gasteiger partial charge in [0.15, 0.2) is 23.0 Å². The lowest BCUT2D eigenvalue weighted by atomic mass is 10.1. The molecule has 4 aromatic heterocycles. The molecule has 1 N–H and O–H groups in total. The minimum atomic E-state index is -0.457. The molecule has 0 bridgehead atoms. The highest BCUT2D eigenvalue weighted by Gasteiger charge is 2.17. The van der Waals surface area contributed by atoms with E-state index in [4.69, 9.17) is 9.57 Å². The first kappa shape index (κ1) is 26.6. The number of amides is 1. The second-order valence-corrected chi connectivity index (χ2v) is 9.49. The van der Waals surface area contributed by atoms with Crippen LogP contribution in [0.25, 0.3) is 28.1 Å². The van der Waals surface area contributed by atoms with Crippen molar-refractivity contribution in [2.24, 2.45) is 0 Å². The monoisotopic (exact) mass is 567 g/mol. The summed E-state index contributed by atoms with van der Waals surface area (Å²) in [6.45, 7) is 2.41. The summed E-state index contributed by atoms with van der Waals surface area (Å²) in [7, 11) is 3.14. The molecule has 1 amide bonds. The number of likely N-dealkylation sites (N-methyl/N-ethyl adjacent to an activating group) is 1. The molecule has 6 aromatic rings. The van der Waals surface area contributed by atoms with Crippen molar-refractivity contribution in [1.29, 1.82) is 0 Å². The van der Waals surface area contributed by atoms with Crippen LogP contribution in [0.4, 0.5) is 15.9 Å². The number of benzene rings is 2. The van der Waals surface area contributed by atoms with E-state index in [-0.39, 0.29) is 18.3 Å². The highest BCUT2D eigenvalue weighted by molar-refractivity contribution is 5.96. The number of anilines is 2. The van der Waals surface area contributed by atoms with Crippen LogP contribution in [0.2, 0.25) is 0 Å². The molecule has 0 aliphatic carbocycles. The molecule has 0 radical (unpaired) electrons. The molecule has 6 rings (SSSR count). The van der Waals surface area contributed by atoms with E-state index < -0.39 is 5.82 Å². The van der Waals surface area contributed by atoms with Crippen LogP contribution in [0.1, 0.15) is 15.9 Å². The summed E-state index contributed by atoms with van der Waals surface area (Å²) in [6, 6.07) is 13.8. The van der Waals surface area contributed by atoms with E-state index in [0.717, 1.165) is 11.3 Å². The molecule has 12 nitrogen and oxygen atoms in total. The molecule has 13 heteroatoms. The van der Waals surface area contributed by atoms with E-state index in [0.29, 0.717) is 46.0 Å². The number of aryl methyl sites for hydroxylation is 1. The van der Waals surface area contributed by atoms with E-state index in [1.165, 1.54) is 18.0 Å². The van der Waals surface area contributed by atoms with Crippen LogP contribution in [-0.4, -0.2) is 72.6 Å². The van der Waals surface area contributed by atoms with Crippen LogP contribution in [0, 0.1) is 12.7 Å². The van der Waals surface area contributed by atoms with Gasteiger partial charge in [0.1, 0.15) is 12.1 Å². The fraction of sp³-hybridized carbons (Fsp3) is 0.172. The van der Waals surface area contributed by atoms with Crippen LogP contribution in [0.5, 0.6) is 5.75 Å². The number of ether oxygens (including phenoxy) is 1. The number of nitrogens with one attached hydrogen (secondary N) is 1. The van der Waals surface area contributed by atoms with Crippen LogP contribution in [0.15, 0.2) is 73.3 Å². The molecule has 4 heterocycles. The van der Waals surface area contributed by atoms with Crippen molar-refractivity contribution in [3.63, 3.8) is 0 Å². The predicted molar refractivity (Wildman–Crippen MR) is 153 cm³/mol. The van der Waals surface area contributed by atoms with Gasteiger partial charge in [-0.3, -0.25) is 9.20 Å². The minimum Gasteiger partial charge on any atom is -0.494 e. The third-order valence-electron chi connectivity index (χ3n) is 6.76. The predicted octanol–water partition coefficient (Wildman–Crippen LogP) is 3.94. The SMILES string of the molecule is COc1ccc(-c2cnc3c(Nc4ccc(C(=O)N(C)CCOn5nnc6cccnc65)c(C)c4)nccn23)cc1F. The molecule has 0 aliphatic rings. The fourth-order valence-electron chi connectivity index (χ4n) is 4.57. The number of hydrogen-bond acceptors (Lipinski definition) is 9. The first-order chi connectivity index (χ1) is 20.4. The largest absolute Gasteiger partial charge is 0.494 e. The Morgan fingerprint density at radius 2 is 1.95 bits per heavy atom. The number of imidazole rings is 1. The number of fused-ring (bicyclic) bond motifs is 2. The summed E-state index contributed by atoms with van der Waals surface area (Å²) < 4.78 is 21.2. The molecule has 0 aliphatic heterocycles. The van der Waals surface area contributed by atoms with Crippen molar-refractivity contribution in [3.05, 3.63) is 90.3 Å². The summed E-state index contributed by atoms with van der Waals surface area (Å²) in [4.78, 5) is 34.8. The number of halogens is 1. The molecule has 42 heavy (non-hydrogen) atoms. The van der Waals surface area contributed by atoms with Gasteiger partial charge in [-0.1, -0.05) is 4.85 Å². The number of carbonyl (C=O) groups is 1. The molecule has 0 atom stereocenters. The Balaban J connectivity index is 1.14. The van der Waals surface area contributed by atoms with Gasteiger partial charge >= 0.3 is 0 Å². The van der Waals surface area contributed by atoms with Gasteiger partial charge < -0.3 is 19.8 Å². The van der Waals surface area contributed by atoms with Crippen LogP contribution in [0.3, 0.4) is 0 Å². The van der Waals surface area contributed by atoms with E-state index in [9.17, 15) is 9.18 Å². The molecule has 2 aromatic carbocycles. The topological polar surface area (TPSA) is 125 Å². The Labute approximate surface area is 239 Å². The molecule has 0 saturated heterocycles. The lowest BCUT2D eigenvalue weighted by Crippen LogP contribution is -2.33. The van der Waals surface area contributed by atoms with Crippen LogP contribution in [-0.2, 0) is 0 Å². The number of hydrogen-bond donors (Lipinski definition) is 1. The molecular formula is C29H26FN9O3. The van der Waals surface area contributed by atoms with E-state index in [1.54, 1.807) is 67.1 Å². The summed E-state index contributed by atoms with van der Waals surface area (Å²) >= 11 is 0. The van der Waals surface area contributed by atoms with Gasteiger partial charge in [-0.2, -0.15) is 0 Å². The molecular weight excluding hydrogens is 541 g/mol. The summed E-state index contributed by atoms with van der Waals surface area (Å²) in [6.07, 6.45) is 6.70. The zero-order chi connectivity index (χ0) is 29.2. The minimum absolute atomic E-state index is 0.144. The standard InChI is InChI=1S/C29H26FN9O3/c1-18-15-20(7-8-21(18)29(40)37(2)13-14-42-39-27-23(35-36-39)5-4-10-32-27)34-26-28-33-17-24(38(28)12-11-31-26)19-6-9-25(41-3)22(30)16-19/h4-12,15-17H,13-14H2,1-3H3,(H,31,34). The summed E-state index contributed by atoms with van der Waals surface area (Å²) in [5, 5.41) is 11.2. The van der Waals surface area contributed by atoms with Crippen molar-refractivity contribution in [1.82, 2.24) is 39.4 Å². The van der Waals surface area contributed by atoms with Crippen molar-refractivity contribution in [2.45, 2.75) is 6.92 Å². The lowest BCUT2D eigenvalue weighted by Gasteiger charge is -2.19. The molecule has 0 fully saturated rings. The molecule has 0 unspecified atom stereocenters. The maximum Gasteiger partial charge on any atom is 0.253 e. The first-order valence-corrected chi connectivity index (χ1v) is 13.0. The van der Waals surface area contributed by atoms with Gasteiger partial charge in [-0.05, 0) is 66.2 Å². The Morgan fingerprint density at radius 3 is 2.76 bits per heavy atom. The lowest BCUT2D eigenvalue weighted by molar-refractivity contribution is 0.0578. The Morgan fingerprint density at radius 1 is 1.07 bits per heavy atom. The van der Waals surface area contributed by atoms with Crippen molar-refractivity contribution in [2.75, 3.05) is 32.6 Å². The summed E-state index contributed by atoms with van der Waals surface area (Å²) in [5.74, 6) is 0.0860. The maximum atomic E-state index is 14.3. The van der Waals surface area contributed by atoms with E-state index in [2.05, 4.69) is 30.6 Å². The smallest absolute Gasteiger partial charge is 0.253 e. The molecule has 0 saturated carbocycles. The number of rotatable bonds is 9. The van der Waals surface area contributed by atoms with Crippen molar-refractivity contribution < 1.29 is 18.8 Å². The van der Waals surface area contributed by atoms with Crippen molar-refractivity contribution >= 4 is 34.2 Å². The van der Waals surface area contributed by atoms with Crippen LogP contribution < -0.4 is 14.9 Å². The highest BCUT2D eigenvalue weighted by atomic mass is 19.1. The second kappa shape index (κ2) is 11.1. The quantitative estimate of drug-likeness (QED) is 0.277. The first-order valence-electron chi connectivity index (χ1n) is 13.0. The number of methoxy groups -OCH3 is 1. The fourth-order valence-corrected chi connectivity index (χ4v) is 4.57. The highest BCUT2D eigenvalue weighted by Crippen LogP contribution is 2.29. The number of pyridine rings is 1. The van der Waals surface area contributed by atoms with Gasteiger partial charge in [0, 0.05) is 42.5 Å². The Kier molecular flexibility index (Phi) is 7.05. The normalized spacial score (nSPS) is 11.1. The number of carbonyl (C=O) groups excluding carboxylic acids is 1. The number of nitrogens with zero attached hydrogens (tertiary/aromatic N) is 8. The second-order valence-electron chi connectivity index (χ2n) is 9.49. The maximum absolute atomic E-state index is 14.3. The Bertz CT molecular complexity index is 1920. The Hall–Kier alpha value is -5.59. The van der Waals surface area contributed by atoms with Crippen molar-refractivity contribution in [3.8, 4) is 17.0 Å². The summed E-state index contributed by atoms with van der Waals surface area (Å²) in [5.41, 5.74) is 5.14. The third kappa shape index (κ3) is 5.03. The zero-order valence-electron chi connectivity index (χ0n) is 23.0. The van der Waals surface area contributed by atoms with Gasteiger partial charge in [0.25, 0.3) is 5.91 Å². The van der Waals surface area contributed by atoms with E-state index >= 15 is 0 Å². The average molecular weight is 568 g/mol. The number of aromatic nitrogens is 7. The molecule has 0 spiro atoms. The van der Waals surface area contributed by atoms with Gasteiger partial charge in [0.2, 0.25) is 5.65 Å². The van der Waals surface area contributed by atoms with Gasteiger partial charge in [0.05, 0.1) is 25.5 Å². The molecule has 212 valence electrons. The van der Waals surface area contributed by atoms with Gasteiger partial charge in [-0.15, -0.1) is 5.10 Å². The zero-order valence-corrected chi connectivity index (χ0v) is 23.0. The average Bonchev–Trinajstić information content (AvgIpc) is 3.62. The van der Waals surface area contributed by atoms with Crippen LogP contribution >= 0.6 is 0 Å². The third-order valence-corrected chi connectivity index (χ3v) is 6.76.